The van der Waals surface area contributed by atoms with Crippen molar-refractivity contribution in [2.75, 3.05) is 19.1 Å². The summed E-state index contributed by atoms with van der Waals surface area (Å²) in [6.07, 6.45) is 3.22. The minimum Gasteiger partial charge on any atom is -0.497 e. The first kappa shape index (κ1) is 20.9. The molecular weight excluding hydrogens is 376 g/mol. The largest absolute Gasteiger partial charge is 0.497 e. The van der Waals surface area contributed by atoms with Crippen molar-refractivity contribution in [1.29, 1.82) is 0 Å². The van der Waals surface area contributed by atoms with Crippen molar-refractivity contribution in [3.05, 3.63) is 102 Å². The van der Waals surface area contributed by atoms with Crippen LogP contribution in [0, 0.1) is 0 Å². The van der Waals surface area contributed by atoms with Crippen LogP contribution >= 0.6 is 0 Å². The summed E-state index contributed by atoms with van der Waals surface area (Å²) >= 11 is 0. The third kappa shape index (κ3) is 5.35. The van der Waals surface area contributed by atoms with Gasteiger partial charge >= 0.3 is 0 Å². The molecule has 3 rings (SSSR count). The second-order valence-corrected chi connectivity index (χ2v) is 6.69. The molecule has 1 N–H and O–H groups in total. The fourth-order valence-electron chi connectivity index (χ4n) is 2.94. The summed E-state index contributed by atoms with van der Waals surface area (Å²) in [5, 5.41) is 2.91. The van der Waals surface area contributed by atoms with Crippen LogP contribution < -0.4 is 15.0 Å². The van der Waals surface area contributed by atoms with Gasteiger partial charge in [0.15, 0.2) is 0 Å². The minimum atomic E-state index is -0.228. The average Bonchev–Trinajstić information content (AvgIpc) is 2.81. The molecule has 2 amide bonds. The predicted molar refractivity (Wildman–Crippen MR) is 119 cm³/mol. The molecule has 0 aromatic heterocycles. The maximum absolute atomic E-state index is 12.7. The Labute approximate surface area is 176 Å². The first-order valence-corrected chi connectivity index (χ1v) is 9.59. The summed E-state index contributed by atoms with van der Waals surface area (Å²) in [5.74, 6) is 0.299. The van der Waals surface area contributed by atoms with E-state index in [1.165, 1.54) is 11.0 Å². The van der Waals surface area contributed by atoms with Crippen molar-refractivity contribution >= 4 is 23.6 Å². The van der Waals surface area contributed by atoms with Gasteiger partial charge in [-0.25, -0.2) is 0 Å². The highest BCUT2D eigenvalue weighted by atomic mass is 16.5. The van der Waals surface area contributed by atoms with E-state index in [1.54, 1.807) is 44.5 Å². The van der Waals surface area contributed by atoms with E-state index in [0.29, 0.717) is 17.8 Å². The number of para-hydroxylation sites is 1. The highest BCUT2D eigenvalue weighted by Crippen LogP contribution is 2.20. The average molecular weight is 400 g/mol. The Morgan fingerprint density at radius 1 is 0.933 bits per heavy atom. The Morgan fingerprint density at radius 2 is 1.60 bits per heavy atom. The van der Waals surface area contributed by atoms with Crippen molar-refractivity contribution in [3.8, 4) is 5.75 Å². The lowest BCUT2D eigenvalue weighted by Gasteiger charge is -2.19. The number of nitrogens with one attached hydrogen (secondary N) is 1. The molecule has 0 bridgehead atoms. The molecule has 0 aliphatic rings. The lowest BCUT2D eigenvalue weighted by atomic mass is 10.1. The topological polar surface area (TPSA) is 58.6 Å². The summed E-state index contributed by atoms with van der Waals surface area (Å²) < 4.78 is 5.14. The number of hydrogen-bond acceptors (Lipinski definition) is 3. The Balaban J connectivity index is 1.70. The molecule has 0 unspecified atom stereocenters. The van der Waals surface area contributed by atoms with Crippen molar-refractivity contribution < 1.29 is 14.3 Å². The van der Waals surface area contributed by atoms with Crippen LogP contribution in [-0.4, -0.2) is 26.0 Å². The summed E-state index contributed by atoms with van der Waals surface area (Å²) in [6, 6.07) is 24.2. The Hall–Kier alpha value is -3.86. The van der Waals surface area contributed by atoms with Crippen molar-refractivity contribution in [1.82, 2.24) is 5.32 Å². The summed E-state index contributed by atoms with van der Waals surface area (Å²) in [7, 11) is 3.26. The second-order valence-electron chi connectivity index (χ2n) is 6.69. The van der Waals surface area contributed by atoms with Gasteiger partial charge in [0.05, 0.1) is 18.4 Å². The van der Waals surface area contributed by atoms with Crippen LogP contribution in [0.2, 0.25) is 0 Å². The SMILES string of the molecule is COc1ccc(/C=C/C(=O)N(C)c2ccccc2C(=O)NCc2ccccc2)cc1. The zero-order valence-corrected chi connectivity index (χ0v) is 17.0. The summed E-state index contributed by atoms with van der Waals surface area (Å²) in [6.45, 7) is 0.420. The van der Waals surface area contributed by atoms with Gasteiger partial charge in [0.2, 0.25) is 0 Å². The molecule has 0 atom stereocenters. The molecule has 3 aromatic carbocycles. The number of carbonyl (C=O) groups excluding carboxylic acids is 2. The Kier molecular flexibility index (Phi) is 7.00. The first-order valence-electron chi connectivity index (χ1n) is 9.59. The highest BCUT2D eigenvalue weighted by Gasteiger charge is 2.16. The van der Waals surface area contributed by atoms with Gasteiger partial charge in [-0.2, -0.15) is 0 Å². The van der Waals surface area contributed by atoms with Gasteiger partial charge in [-0.15, -0.1) is 0 Å². The van der Waals surface area contributed by atoms with E-state index in [1.807, 2.05) is 54.6 Å². The quantitative estimate of drug-likeness (QED) is 0.602. The van der Waals surface area contributed by atoms with E-state index in [2.05, 4.69) is 5.32 Å². The van der Waals surface area contributed by atoms with E-state index >= 15 is 0 Å². The lowest BCUT2D eigenvalue weighted by molar-refractivity contribution is -0.113. The van der Waals surface area contributed by atoms with Crippen LogP contribution in [0.4, 0.5) is 5.69 Å². The summed E-state index contributed by atoms with van der Waals surface area (Å²) in [4.78, 5) is 26.9. The third-order valence-electron chi connectivity index (χ3n) is 4.67. The van der Waals surface area contributed by atoms with Crippen molar-refractivity contribution in [2.24, 2.45) is 0 Å². The van der Waals surface area contributed by atoms with E-state index in [0.717, 1.165) is 16.9 Å². The first-order chi connectivity index (χ1) is 14.6. The molecule has 0 saturated heterocycles. The molecular formula is C25H24N2O3. The van der Waals surface area contributed by atoms with Crippen LogP contribution in [0.1, 0.15) is 21.5 Å². The number of amides is 2. The van der Waals surface area contributed by atoms with E-state index in [-0.39, 0.29) is 11.8 Å². The van der Waals surface area contributed by atoms with E-state index in [9.17, 15) is 9.59 Å². The van der Waals surface area contributed by atoms with Gasteiger partial charge in [-0.1, -0.05) is 54.6 Å². The summed E-state index contributed by atoms with van der Waals surface area (Å²) in [5.41, 5.74) is 2.89. The number of carbonyl (C=O) groups is 2. The fraction of sp³-hybridized carbons (Fsp3) is 0.120. The second kappa shape index (κ2) is 10.1. The molecule has 0 aliphatic heterocycles. The van der Waals surface area contributed by atoms with Crippen LogP contribution in [-0.2, 0) is 11.3 Å². The standard InChI is InChI=1S/C25H24N2O3/c1-27(24(28)17-14-19-12-15-21(30-2)16-13-19)23-11-7-6-10-22(23)25(29)26-18-20-8-4-3-5-9-20/h3-17H,18H2,1-2H3,(H,26,29)/b17-14+. The van der Waals surface area contributed by atoms with Crippen molar-refractivity contribution in [3.63, 3.8) is 0 Å². The third-order valence-corrected chi connectivity index (χ3v) is 4.67. The number of likely N-dealkylation sites (N-methyl/N-ethyl adjacent to an activating group) is 1. The molecule has 0 radical (unpaired) electrons. The highest BCUT2D eigenvalue weighted by molar-refractivity contribution is 6.08. The van der Waals surface area contributed by atoms with Crippen LogP contribution in [0.25, 0.3) is 6.08 Å². The lowest BCUT2D eigenvalue weighted by Crippen LogP contribution is -2.29. The van der Waals surface area contributed by atoms with Gasteiger partial charge in [-0.3, -0.25) is 9.59 Å². The number of anilines is 1. The Bertz CT molecular complexity index is 1030. The van der Waals surface area contributed by atoms with Gasteiger partial charge in [0.1, 0.15) is 5.75 Å². The number of rotatable bonds is 7. The minimum absolute atomic E-state index is 0.228. The molecule has 0 aliphatic carbocycles. The molecule has 0 spiro atoms. The van der Waals surface area contributed by atoms with Gasteiger partial charge in [0, 0.05) is 19.7 Å². The molecule has 0 fully saturated rings. The number of nitrogens with zero attached hydrogens (tertiary/aromatic N) is 1. The number of ether oxygens (including phenoxy) is 1. The van der Waals surface area contributed by atoms with E-state index < -0.39 is 0 Å². The van der Waals surface area contributed by atoms with Crippen LogP contribution in [0.15, 0.2) is 84.9 Å². The Morgan fingerprint density at radius 3 is 2.30 bits per heavy atom. The molecule has 3 aromatic rings. The normalized spacial score (nSPS) is 10.6. The molecule has 30 heavy (non-hydrogen) atoms. The van der Waals surface area contributed by atoms with Gasteiger partial charge < -0.3 is 15.0 Å². The zero-order valence-electron chi connectivity index (χ0n) is 17.0. The zero-order chi connectivity index (χ0) is 21.3. The number of benzene rings is 3. The molecule has 152 valence electrons. The maximum Gasteiger partial charge on any atom is 0.253 e. The monoisotopic (exact) mass is 400 g/mol. The number of hydrogen-bond donors (Lipinski definition) is 1. The van der Waals surface area contributed by atoms with Crippen molar-refractivity contribution in [2.45, 2.75) is 6.54 Å². The molecule has 5 nitrogen and oxygen atoms in total. The fourth-order valence-corrected chi connectivity index (χ4v) is 2.94. The molecule has 0 saturated carbocycles. The predicted octanol–water partition coefficient (Wildman–Crippen LogP) is 4.30. The van der Waals surface area contributed by atoms with Crippen LogP contribution in [0.3, 0.4) is 0 Å². The smallest absolute Gasteiger partial charge is 0.253 e. The number of methoxy groups -OCH3 is 1. The molecule has 5 heteroatoms. The van der Waals surface area contributed by atoms with Gasteiger partial charge in [0.25, 0.3) is 11.8 Å². The van der Waals surface area contributed by atoms with Crippen LogP contribution in [0.5, 0.6) is 5.75 Å². The van der Waals surface area contributed by atoms with E-state index in [4.69, 9.17) is 4.74 Å². The maximum atomic E-state index is 12.7. The molecule has 0 heterocycles. The van der Waals surface area contributed by atoms with Gasteiger partial charge in [-0.05, 0) is 41.5 Å².